The lowest BCUT2D eigenvalue weighted by atomic mass is 9.49. The van der Waals surface area contributed by atoms with E-state index < -0.39 is 51.4 Å². The van der Waals surface area contributed by atoms with E-state index in [4.69, 9.17) is 28.4 Å². The number of methoxy groups -OCH3 is 1. The molecule has 0 aromatic heterocycles. The number of aliphatic hydroxyl groups is 5. The van der Waals surface area contributed by atoms with Gasteiger partial charge in [-0.1, -0.05) is 42.5 Å². The van der Waals surface area contributed by atoms with E-state index >= 15 is 0 Å². The third-order valence-electron chi connectivity index (χ3n) is 32.7. The predicted octanol–water partition coefficient (Wildman–Crippen LogP) is 5.45. The maximum atomic E-state index is 12.7. The van der Waals surface area contributed by atoms with Crippen molar-refractivity contribution < 1.29 is 88.1 Å². The lowest BCUT2D eigenvalue weighted by Crippen LogP contribution is -2.76. The monoisotopic (exact) mass is 1540 g/mol. The highest BCUT2D eigenvalue weighted by Gasteiger charge is 2.77. The molecule has 20 atom stereocenters. The van der Waals surface area contributed by atoms with Crippen LogP contribution >= 0.6 is 12.4 Å². The summed E-state index contributed by atoms with van der Waals surface area (Å²) in [4.78, 5) is 72.2. The lowest BCUT2D eigenvalue weighted by molar-refractivity contribution is -0.185. The molecule has 0 unspecified atom stereocenters. The summed E-state index contributed by atoms with van der Waals surface area (Å²) in [7, 11) is 10.2. The Morgan fingerprint density at radius 1 is 0.423 bits per heavy atom. The van der Waals surface area contributed by atoms with Gasteiger partial charge in [0.2, 0.25) is 0 Å². The van der Waals surface area contributed by atoms with E-state index in [1.807, 2.05) is 43.4 Å². The molecule has 5 aromatic carbocycles. The zero-order valence-corrected chi connectivity index (χ0v) is 64.4. The number of ether oxygens (including phenoxy) is 6. The standard InChI is InChI=1S/C18H21NO4.C18H21NO3.2C17H19NO4.C17H19NO3.ClH/c1-19-8-7-17-14-10-3-4-12(22-2)15(14)23-16(17)11(20)5-6-18(17,21)13(19)9-10;1-19-7-6-18-12-4-5-14(21)17(18)22-16-11(9-20)3-2-10(15(16)18)8-13(12)19;1-18-7-6-16-13-9-2-3-10(19)14(13)22-15(16)11(20)4-5-17(16,21)12(18)8-9;19-8-10-2-1-9-7-12-17(21)4-3-11(20)15-16(17,5-6-18-12)13(9)14(10)22-15;1-18-7-6-17-10-3-5-13(20)16(17)21-15-12(19)4-2-9(14(15)17)8-11(10)18;/h3-4,13,16,21H,5-9H2,1-2H3;2-3,12-13,17,20H,4-9H2,1H3;2-3,12,15,19,21H,4-8H2,1H3;1-2,12,15,18-19,21H,3-8H2;2,4,10-11,16,19H,3,5-8H2,1H3;1H/t13-,16+,17+,18-;12-,13+,17-,18-;2*12-,15+,16+,17-;10-,11+,16-,17-;/m10110./s1. The number of phenolic OH excluding ortho intramolecular Hbond substituents is 2. The van der Waals surface area contributed by atoms with Crippen LogP contribution < -0.4 is 33.7 Å². The molecule has 5 saturated heterocycles. The number of hydrogen-bond acceptors (Lipinski definition) is 23. The number of likely N-dealkylation sites (tertiary alicyclic amines) is 4. The molecular weight excluding hydrogens is 1440 g/mol. The highest BCUT2D eigenvalue weighted by molar-refractivity contribution is 5.93. The average molecular weight is 1540 g/mol. The van der Waals surface area contributed by atoms with E-state index in [1.54, 1.807) is 19.2 Å². The van der Waals surface area contributed by atoms with Gasteiger partial charge >= 0.3 is 0 Å². The van der Waals surface area contributed by atoms with Crippen molar-refractivity contribution in [2.24, 2.45) is 11.8 Å². The van der Waals surface area contributed by atoms with Crippen molar-refractivity contribution in [1.29, 1.82) is 0 Å². The Labute approximate surface area is 650 Å². The van der Waals surface area contributed by atoms with Crippen molar-refractivity contribution in [3.63, 3.8) is 0 Å². The van der Waals surface area contributed by atoms with Crippen molar-refractivity contribution in [2.45, 2.75) is 246 Å². The van der Waals surface area contributed by atoms with Crippen LogP contribution in [0.4, 0.5) is 0 Å². The number of Topliss-reactive ketones (excluding diaryl/α,β-unsaturated/α-hetero) is 5. The van der Waals surface area contributed by atoms with Gasteiger partial charge in [0.15, 0.2) is 93.9 Å². The minimum absolute atomic E-state index is 0. The molecule has 24 heteroatoms. The number of aliphatic hydroxyl groups excluding tert-OH is 2. The maximum absolute atomic E-state index is 12.7. The fourth-order valence-corrected chi connectivity index (χ4v) is 27.9. The second-order valence-corrected chi connectivity index (χ2v) is 36.3. The summed E-state index contributed by atoms with van der Waals surface area (Å²) < 4.78 is 35.9. The minimum Gasteiger partial charge on any atom is -0.504 e. The van der Waals surface area contributed by atoms with Gasteiger partial charge in [-0.05, 0) is 215 Å². The van der Waals surface area contributed by atoms with Crippen LogP contribution in [-0.4, -0.2) is 230 Å². The summed E-state index contributed by atoms with van der Waals surface area (Å²) in [5.74, 6) is 5.85. The Kier molecular flexibility index (Phi) is 16.1. The number of nitrogens with one attached hydrogen (secondary N) is 1. The number of piperidine rings is 5. The number of carbonyl (C=O) groups is 5. The van der Waals surface area contributed by atoms with Gasteiger partial charge in [-0.15, -0.1) is 12.4 Å². The molecule has 588 valence electrons. The Balaban J connectivity index is 0.0000000904. The fourth-order valence-electron chi connectivity index (χ4n) is 27.9. The molecule has 20 aliphatic rings. The Hall–Kier alpha value is -7.26. The molecule has 10 aliphatic carbocycles. The molecule has 111 heavy (non-hydrogen) atoms. The number of nitrogens with zero attached hydrogens (tertiary/aromatic N) is 4. The van der Waals surface area contributed by atoms with Gasteiger partial charge < -0.3 is 89.1 Å². The van der Waals surface area contributed by atoms with Gasteiger partial charge in [0.05, 0.1) is 53.4 Å². The molecule has 25 rings (SSSR count). The first-order chi connectivity index (χ1) is 52.9. The van der Waals surface area contributed by atoms with Gasteiger partial charge in [-0.3, -0.25) is 24.0 Å². The summed E-state index contributed by atoms with van der Waals surface area (Å²) in [6, 6.07) is 20.4. The van der Waals surface area contributed by atoms with E-state index in [0.29, 0.717) is 117 Å². The van der Waals surface area contributed by atoms with Crippen molar-refractivity contribution in [3.05, 3.63) is 127 Å². The molecule has 8 N–H and O–H groups in total. The van der Waals surface area contributed by atoms with Crippen LogP contribution in [0.1, 0.15) is 163 Å². The van der Waals surface area contributed by atoms with Crippen LogP contribution in [0.25, 0.3) is 0 Å². The van der Waals surface area contributed by atoms with Crippen molar-refractivity contribution in [3.8, 4) is 46.0 Å². The van der Waals surface area contributed by atoms with Crippen molar-refractivity contribution in [2.75, 3.05) is 68.0 Å². The molecule has 10 aliphatic heterocycles. The second-order valence-electron chi connectivity index (χ2n) is 36.3. The van der Waals surface area contributed by atoms with Crippen LogP contribution in [0, 0.1) is 11.8 Å². The number of rotatable bonds is 3. The summed E-state index contributed by atoms with van der Waals surface area (Å²) >= 11 is 0. The number of aromatic hydroxyl groups is 2. The number of phenols is 2. The number of benzene rings is 5. The van der Waals surface area contributed by atoms with Crippen LogP contribution in [-0.2, 0) is 96.4 Å². The molecule has 10 heterocycles. The van der Waals surface area contributed by atoms with E-state index in [1.165, 1.54) is 22.3 Å². The number of likely N-dealkylation sites (N-methyl/N-ethyl adjacent to an activating group) is 4. The highest BCUT2D eigenvalue weighted by Crippen LogP contribution is 2.70. The SMILES string of the molecule is CN1CC[C@]23c4c5ccc(CO)c4O[C@H]2C(=O)CC[C@H]3[C@H]1C5.CN1CC[C@]23c4c5ccc(O)c4O[C@H]2C(=O)CC[C@@]3(O)[C@H]1C5.CN1CC[C@]23c4c5ccc(O)c4O[C@H]2C(=O)CC[C@H]3[C@H]1C5.COc1ccc2c3c1O[C@H]1C(=O)CC[C@@]4(O)[C@@H](C2)N(C)CC[C@]314.Cl.O=C1CC[C@@]2(O)[C@H]3Cc4ccc(CO)c5c4[C@@]2(CCN3)[C@H]1O5. The Bertz CT molecular complexity index is 4900. The summed E-state index contributed by atoms with van der Waals surface area (Å²) in [5.41, 5.74) is 7.98. The zero-order chi connectivity index (χ0) is 75.8. The Morgan fingerprint density at radius 3 is 1.32 bits per heavy atom. The third-order valence-corrected chi connectivity index (χ3v) is 32.7. The second kappa shape index (κ2) is 24.6. The smallest absolute Gasteiger partial charge is 0.174 e. The van der Waals surface area contributed by atoms with E-state index in [0.717, 1.165) is 147 Å². The number of halogens is 1. The van der Waals surface area contributed by atoms with Gasteiger partial charge in [0.1, 0.15) is 11.5 Å². The number of ketones is 5. The normalized spacial score (nSPS) is 40.1. The van der Waals surface area contributed by atoms with Crippen LogP contribution in [0.5, 0.6) is 46.0 Å². The van der Waals surface area contributed by atoms with Crippen LogP contribution in [0.3, 0.4) is 0 Å². The van der Waals surface area contributed by atoms with Crippen molar-refractivity contribution >= 4 is 41.3 Å². The number of carbonyl (C=O) groups excluding carboxylic acids is 5. The summed E-state index contributed by atoms with van der Waals surface area (Å²) in [6.45, 7) is 4.37. The van der Waals surface area contributed by atoms with E-state index in [2.05, 4.69) is 58.2 Å². The first-order valence-corrected chi connectivity index (χ1v) is 40.5. The van der Waals surface area contributed by atoms with E-state index in [9.17, 15) is 59.7 Å². The fraction of sp³-hybridized carbons (Fsp3) is 0.598. The summed E-state index contributed by atoms with van der Waals surface area (Å²) in [5, 5.41) is 78.1. The lowest BCUT2D eigenvalue weighted by Gasteiger charge is -2.62. The third kappa shape index (κ3) is 8.82. The molecule has 0 amide bonds. The molecule has 0 radical (unpaired) electrons. The average Bonchev–Trinajstić information content (AvgIpc) is 1.58. The van der Waals surface area contributed by atoms with Crippen molar-refractivity contribution in [1.82, 2.24) is 24.9 Å². The molecule has 5 saturated carbocycles. The van der Waals surface area contributed by atoms with Gasteiger partial charge in [0.25, 0.3) is 0 Å². The van der Waals surface area contributed by atoms with Gasteiger partial charge in [-0.2, -0.15) is 0 Å². The first kappa shape index (κ1) is 72.7. The number of hydrogen-bond donors (Lipinski definition) is 8. The zero-order valence-electron chi connectivity index (χ0n) is 63.6. The molecule has 10 fully saturated rings. The molecule has 10 bridgehead atoms. The molecule has 5 spiro atoms. The minimum atomic E-state index is -0.954. The van der Waals surface area contributed by atoms with Crippen LogP contribution in [0.15, 0.2) is 60.7 Å². The largest absolute Gasteiger partial charge is 0.504 e. The van der Waals surface area contributed by atoms with Crippen LogP contribution in [0.2, 0.25) is 0 Å². The van der Waals surface area contributed by atoms with E-state index in [-0.39, 0.29) is 107 Å². The maximum Gasteiger partial charge on any atom is 0.174 e. The predicted molar refractivity (Wildman–Crippen MR) is 404 cm³/mol. The quantitative estimate of drug-likeness (QED) is 0.111. The topological polar surface area (TPSA) is 307 Å². The molecular formula is C87H100ClN5O18. The molecule has 5 aromatic rings. The Morgan fingerprint density at radius 2 is 0.802 bits per heavy atom. The first-order valence-electron chi connectivity index (χ1n) is 40.5. The van der Waals surface area contributed by atoms with Gasteiger partial charge in [0, 0.05) is 112 Å². The summed E-state index contributed by atoms with van der Waals surface area (Å²) in [6.07, 6.45) is 11.7. The van der Waals surface area contributed by atoms with Gasteiger partial charge in [-0.25, -0.2) is 0 Å². The molecule has 23 nitrogen and oxygen atoms in total. The highest BCUT2D eigenvalue weighted by atomic mass is 35.5.